The summed E-state index contributed by atoms with van der Waals surface area (Å²) in [6.45, 7) is 50.9. The van der Waals surface area contributed by atoms with E-state index < -0.39 is 96.9 Å². The lowest BCUT2D eigenvalue weighted by atomic mass is 9.78. The molecule has 0 atom stereocenters. The maximum Gasteiger partial charge on any atom is 0.494 e. The Morgan fingerprint density at radius 3 is 0.669 bits per heavy atom. The molecule has 2 saturated heterocycles. The van der Waals surface area contributed by atoms with E-state index in [-0.39, 0.29) is 11.2 Å². The molecule has 14 nitrogen and oxygen atoms in total. The monoisotopic (exact) mass is 2350 g/mol. The van der Waals surface area contributed by atoms with Crippen molar-refractivity contribution >= 4 is 265 Å². The molecule has 142 heavy (non-hydrogen) atoms. The molecule has 0 aliphatic carbocycles. The van der Waals surface area contributed by atoms with Crippen molar-refractivity contribution in [1.29, 1.82) is 0 Å². The smallest absolute Gasteiger partial charge is 0.399 e. The summed E-state index contributed by atoms with van der Waals surface area (Å²) < 4.78 is 154. The molecule has 2 heterocycles. The Bertz CT molecular complexity index is 7420. The molecule has 0 N–H and O–H groups in total. The maximum absolute atomic E-state index is 13.1. The third kappa shape index (κ3) is 29.6. The second-order valence-corrected chi connectivity index (χ2v) is 78.3. The summed E-state index contributed by atoms with van der Waals surface area (Å²) in [5.74, 6) is 0. The van der Waals surface area contributed by atoms with Gasteiger partial charge in [0, 0.05) is 81.5 Å². The second kappa shape index (κ2) is 44.5. The van der Waals surface area contributed by atoms with E-state index in [0.29, 0.717) is 31.3 Å². The van der Waals surface area contributed by atoms with Crippen LogP contribution < -0.4 is 64.0 Å². The van der Waals surface area contributed by atoms with Crippen molar-refractivity contribution in [3.05, 3.63) is 295 Å². The molecule has 0 amide bonds. The van der Waals surface area contributed by atoms with Gasteiger partial charge in [0.1, 0.15) is 71.4 Å². The van der Waals surface area contributed by atoms with Crippen molar-refractivity contribution in [2.75, 3.05) is 133 Å². The Kier molecular flexibility index (Phi) is 36.6. The van der Waals surface area contributed by atoms with Crippen molar-refractivity contribution in [3.8, 4) is 55.6 Å². The molecule has 0 radical (unpaired) electrons. The first-order valence-electron chi connectivity index (χ1n) is 46.0. The van der Waals surface area contributed by atoms with E-state index in [0.717, 1.165) is 149 Å². The van der Waals surface area contributed by atoms with Crippen LogP contribution in [0.1, 0.15) is 55.4 Å². The molecule has 0 aromatic heterocycles. The van der Waals surface area contributed by atoms with Gasteiger partial charge in [0.15, 0.2) is 0 Å². The van der Waals surface area contributed by atoms with Crippen LogP contribution in [-0.2, 0) is 64.3 Å². The molecule has 32 heteroatoms. The fraction of sp³-hybridized carbons (Fsp3) is 0.291. The summed E-state index contributed by atoms with van der Waals surface area (Å²) in [6, 6.07) is 87.4. The number of halogens is 6. The van der Waals surface area contributed by atoms with Crippen molar-refractivity contribution in [1.82, 2.24) is 0 Å². The highest BCUT2D eigenvalue weighted by atomic mass is 79.9. The van der Waals surface area contributed by atoms with Crippen molar-refractivity contribution in [2.24, 2.45) is 0 Å². The molecule has 0 unspecified atom stereocenters. The van der Waals surface area contributed by atoms with Gasteiger partial charge in [0.05, 0.1) is 22.4 Å². The van der Waals surface area contributed by atoms with Gasteiger partial charge in [-0.3, -0.25) is 0 Å². The summed E-state index contributed by atoms with van der Waals surface area (Å²) in [5, 5.41) is 16.0. The average Bonchev–Trinajstić information content (AvgIpc) is 1.23. The molecule has 14 aromatic carbocycles. The van der Waals surface area contributed by atoms with Crippen LogP contribution in [0.25, 0.3) is 88.0 Å². The molecule has 0 spiro atoms. The molecule has 0 bridgehead atoms. The van der Waals surface area contributed by atoms with Crippen LogP contribution in [0.5, 0.6) is 0 Å². The van der Waals surface area contributed by atoms with Gasteiger partial charge in [-0.1, -0.05) is 234 Å². The lowest BCUT2D eigenvalue weighted by Crippen LogP contribution is -2.41. The predicted octanol–water partition coefficient (Wildman–Crippen LogP) is 29.2. The lowest BCUT2D eigenvalue weighted by molar-refractivity contribution is 0.00578. The quantitative estimate of drug-likeness (QED) is 0.0614. The van der Waals surface area contributed by atoms with Crippen LogP contribution in [0.15, 0.2) is 280 Å². The molecular formula is C110H128B2Br3Cl3O14P10. The van der Waals surface area contributed by atoms with E-state index in [2.05, 4.69) is 173 Å². The van der Waals surface area contributed by atoms with Crippen LogP contribution in [0.3, 0.4) is 0 Å². The van der Waals surface area contributed by atoms with E-state index in [4.69, 9.17) is 53.4 Å². The van der Waals surface area contributed by atoms with Gasteiger partial charge in [-0.05, 0) is 403 Å². The molecule has 16 rings (SSSR count). The van der Waals surface area contributed by atoms with Gasteiger partial charge in [-0.15, -0.1) is 0 Å². The zero-order chi connectivity index (χ0) is 106. The Morgan fingerprint density at radius 2 is 0.415 bits per heavy atom. The summed E-state index contributed by atoms with van der Waals surface area (Å²) in [4.78, 5) is 0. The van der Waals surface area contributed by atoms with Gasteiger partial charge in [0.2, 0.25) is 0 Å². The van der Waals surface area contributed by atoms with Crippen LogP contribution in [0.4, 0.5) is 0 Å². The summed E-state index contributed by atoms with van der Waals surface area (Å²) in [7, 11) is -25.7. The summed E-state index contributed by atoms with van der Waals surface area (Å²) in [6.07, 6.45) is 0. The summed E-state index contributed by atoms with van der Waals surface area (Å²) >= 11 is 27.9. The molecule has 0 saturated carbocycles. The SMILES string of the molecule is CC1(C)OB(c2cc(P(C)(C)=O)cc(P(C)(C)=O)c2)OC1(C)C.CC1(C)OB(c2ccc(-c3ccc(-c4cc(P(C)(C)=O)cc(P(C)(C)=O)c4)c4ccccc34)cc2)OC1(C)C.CP(C)(=O)c1cc(-c2ccc(-c3ccc(Cl)cc3)c3ccccc23)cc(P(C)(C)=O)c1.CP(C)(=O)c1cc(-c2ccc(Br)c3ccccc23)cc(P(C)(C)=O)c1.CP(C)(=O)c1cc(Cl)cc(P(C)(C)=O)c1.Clc1cc(Br)cc(Br)c1. The minimum atomic E-state index is -2.55. The fourth-order valence-corrected chi connectivity index (χ4v) is 28.0. The normalized spacial score (nSPS) is 14.9. The van der Waals surface area contributed by atoms with E-state index >= 15 is 0 Å². The highest BCUT2D eigenvalue weighted by Gasteiger charge is 2.53. The van der Waals surface area contributed by atoms with Gasteiger partial charge in [0.25, 0.3) is 0 Å². The molecule has 14 aromatic rings. The van der Waals surface area contributed by atoms with Gasteiger partial charge >= 0.3 is 14.2 Å². The second-order valence-electron chi connectivity index (χ2n) is 42.1. The largest absolute Gasteiger partial charge is 0.494 e. The number of rotatable bonds is 17. The Morgan fingerprint density at radius 1 is 0.211 bits per heavy atom. The van der Waals surface area contributed by atoms with Crippen LogP contribution in [0, 0.1) is 0 Å². The van der Waals surface area contributed by atoms with E-state index in [9.17, 15) is 45.7 Å². The highest BCUT2D eigenvalue weighted by Crippen LogP contribution is 2.50. The van der Waals surface area contributed by atoms with Crippen LogP contribution >= 0.6 is 154 Å². The van der Waals surface area contributed by atoms with Gasteiger partial charge < -0.3 is 64.3 Å². The molecule has 2 aliphatic rings. The van der Waals surface area contributed by atoms with E-state index in [1.165, 1.54) is 0 Å². The number of fused-ring (bicyclic) bond motifs is 3. The molecule has 750 valence electrons. The molecule has 2 fully saturated rings. The van der Waals surface area contributed by atoms with Gasteiger partial charge in [-0.2, -0.15) is 0 Å². The number of hydrogen-bond donors (Lipinski definition) is 0. The average molecular weight is 2350 g/mol. The van der Waals surface area contributed by atoms with Gasteiger partial charge in [-0.25, -0.2) is 0 Å². The first kappa shape index (κ1) is 117. The fourth-order valence-electron chi connectivity index (χ4n) is 15.7. The van der Waals surface area contributed by atoms with Crippen LogP contribution in [-0.4, -0.2) is 170 Å². The lowest BCUT2D eigenvalue weighted by Gasteiger charge is -2.32. The predicted molar refractivity (Wildman–Crippen MR) is 639 cm³/mol. The van der Waals surface area contributed by atoms with E-state index in [1.807, 2.05) is 173 Å². The van der Waals surface area contributed by atoms with Crippen molar-refractivity contribution < 1.29 is 64.3 Å². The summed E-state index contributed by atoms with van der Waals surface area (Å²) in [5.41, 5.74) is 10.5. The third-order valence-corrected chi connectivity index (χ3v) is 42.9. The minimum Gasteiger partial charge on any atom is -0.399 e. The molecular weight excluding hydrogens is 2220 g/mol. The standard InChI is InChI=1S/C32H37BO4P2.C26H25ClO2P2.C20H21BrO2P2.C16H27BO4P2.C10H15ClO2P2.C6H3Br2Cl/c1-31(2)32(3,4)37-33(36-31)24-15-13-22(14-16-24)27-17-18-28(30-12-10-9-11-29(27)30)23-19-25(38(5,6)34)21-26(20-23)39(7,8)35;1-30(2,28)21-15-19(16-22(17-21)31(3,4)29)24-14-13-23(18-9-11-20(27)12-10-18)25-7-5-6-8-26(24)25;1-24(2,22)15-11-14(12-16(13-15)25(3,4)23)17-9-10-20(21)19-8-6-5-7-18(17)19;1-15(2)16(3,4)21-17(20-15)12-9-13(22(5,6)18)11-14(10-12)23(7,8)19;1-14(2,12)9-5-8(11)6-10(7-9)15(3,4)13;7-4-1-5(8)3-6(9)2-4/h9-21H,1-8H3;5-17H,1-4H3;5-13H,1-4H3;9-11H,1-8H3;5-7H,1-4H3;1-3H. The first-order chi connectivity index (χ1) is 65.1. The third-order valence-electron chi connectivity index (χ3n) is 25.6. The zero-order valence-electron chi connectivity index (χ0n) is 86.0. The minimum absolute atomic E-state index is 0.383. The Hall–Kier alpha value is -5.56. The number of hydrogen-bond acceptors (Lipinski definition) is 14. The van der Waals surface area contributed by atoms with Crippen molar-refractivity contribution in [2.45, 2.75) is 77.8 Å². The Balaban J connectivity index is 0.000000170. The Labute approximate surface area is 882 Å². The number of benzene rings is 14. The topological polar surface area (TPSA) is 208 Å². The van der Waals surface area contributed by atoms with Crippen LogP contribution in [0.2, 0.25) is 15.1 Å². The van der Waals surface area contributed by atoms with E-state index in [1.54, 1.807) is 158 Å². The first-order valence-corrected chi connectivity index (χ1v) is 75.5. The zero-order valence-corrected chi connectivity index (χ0v) is 102. The highest BCUT2D eigenvalue weighted by molar-refractivity contribution is 9.11. The maximum atomic E-state index is 13.1. The molecule has 2 aliphatic heterocycles. The van der Waals surface area contributed by atoms with Crippen molar-refractivity contribution in [3.63, 3.8) is 0 Å².